The van der Waals surface area contributed by atoms with Crippen molar-refractivity contribution in [3.05, 3.63) is 28.8 Å². The van der Waals surface area contributed by atoms with Gasteiger partial charge in [0, 0.05) is 23.7 Å². The maximum absolute atomic E-state index is 12.4. The fourth-order valence-corrected chi connectivity index (χ4v) is 2.75. The predicted molar refractivity (Wildman–Crippen MR) is 82.4 cm³/mol. The highest BCUT2D eigenvalue weighted by molar-refractivity contribution is 6.30. The summed E-state index contributed by atoms with van der Waals surface area (Å²) in [4.78, 5) is 2.19. The van der Waals surface area contributed by atoms with Crippen LogP contribution in [0.3, 0.4) is 0 Å². The fraction of sp³-hybridized carbons (Fsp3) is 0.571. The van der Waals surface area contributed by atoms with Crippen molar-refractivity contribution in [2.75, 3.05) is 19.6 Å². The van der Waals surface area contributed by atoms with E-state index in [4.69, 9.17) is 17.3 Å². The molecule has 1 aromatic carbocycles. The van der Waals surface area contributed by atoms with E-state index in [0.717, 1.165) is 19.5 Å². The molecule has 0 radical (unpaired) electrons. The molecule has 1 aromatic rings. The summed E-state index contributed by atoms with van der Waals surface area (Å²) in [7, 11) is 0. The van der Waals surface area contributed by atoms with Crippen molar-refractivity contribution in [3.8, 4) is 5.75 Å². The summed E-state index contributed by atoms with van der Waals surface area (Å²) < 4.78 is 29.4. The lowest BCUT2D eigenvalue weighted by Crippen LogP contribution is -2.31. The second kappa shape index (κ2) is 7.58. The monoisotopic (exact) mass is 340 g/mol. The average Bonchev–Trinajstić information content (AvgIpc) is 2.75. The first-order valence-electron chi connectivity index (χ1n) is 6.57. The number of halogens is 4. The number of benzene rings is 1. The Kier molecular flexibility index (Phi) is 6.66. The largest absolute Gasteiger partial charge is 0.434 e. The number of alkyl halides is 2. The zero-order valence-corrected chi connectivity index (χ0v) is 13.4. The van der Waals surface area contributed by atoms with E-state index in [0.29, 0.717) is 23.7 Å². The van der Waals surface area contributed by atoms with E-state index in [1.54, 1.807) is 12.1 Å². The molecule has 7 heteroatoms. The topological polar surface area (TPSA) is 38.5 Å². The van der Waals surface area contributed by atoms with Crippen LogP contribution in [0.15, 0.2) is 18.2 Å². The van der Waals surface area contributed by atoms with Crippen LogP contribution >= 0.6 is 24.0 Å². The van der Waals surface area contributed by atoms with Crippen molar-refractivity contribution in [1.82, 2.24) is 4.90 Å². The summed E-state index contributed by atoms with van der Waals surface area (Å²) in [6, 6.07) is 4.72. The van der Waals surface area contributed by atoms with Gasteiger partial charge < -0.3 is 10.5 Å². The van der Waals surface area contributed by atoms with Crippen LogP contribution in [0.1, 0.15) is 18.9 Å². The number of rotatable bonds is 5. The molecule has 2 N–H and O–H groups in total. The van der Waals surface area contributed by atoms with Crippen LogP contribution in [0.4, 0.5) is 8.78 Å². The zero-order valence-electron chi connectivity index (χ0n) is 11.8. The van der Waals surface area contributed by atoms with Gasteiger partial charge in [-0.3, -0.25) is 4.90 Å². The molecule has 0 amide bonds. The summed E-state index contributed by atoms with van der Waals surface area (Å²) in [5.74, 6) is 0.186. The Labute approximate surface area is 134 Å². The Balaban J connectivity index is 0.00000220. The van der Waals surface area contributed by atoms with E-state index in [1.165, 1.54) is 6.07 Å². The van der Waals surface area contributed by atoms with Gasteiger partial charge in [0.05, 0.1) is 0 Å². The third kappa shape index (κ3) is 4.95. The molecule has 2 rings (SSSR count). The quantitative estimate of drug-likeness (QED) is 0.890. The molecule has 0 bridgehead atoms. The van der Waals surface area contributed by atoms with Crippen LogP contribution in [-0.2, 0) is 6.54 Å². The van der Waals surface area contributed by atoms with E-state index in [9.17, 15) is 8.78 Å². The molecule has 1 aliphatic heterocycles. The van der Waals surface area contributed by atoms with Crippen LogP contribution in [-0.4, -0.2) is 31.1 Å². The number of ether oxygens (including phenoxy) is 1. The highest BCUT2D eigenvalue weighted by atomic mass is 35.5. The summed E-state index contributed by atoms with van der Waals surface area (Å²) in [6.45, 7) is 2.22. The molecule has 0 aromatic heterocycles. The Hall–Kier alpha value is -0.620. The van der Waals surface area contributed by atoms with Gasteiger partial charge in [-0.1, -0.05) is 18.5 Å². The van der Waals surface area contributed by atoms with Gasteiger partial charge in [-0.2, -0.15) is 8.78 Å². The highest BCUT2D eigenvalue weighted by Gasteiger charge is 2.32. The Morgan fingerprint density at radius 2 is 2.19 bits per heavy atom. The van der Waals surface area contributed by atoms with Gasteiger partial charge in [0.1, 0.15) is 5.75 Å². The lowest BCUT2D eigenvalue weighted by atomic mass is 9.90. The molecule has 1 aliphatic rings. The Bertz CT molecular complexity index is 476. The fourth-order valence-electron chi connectivity index (χ4n) is 2.55. The van der Waals surface area contributed by atoms with Crippen LogP contribution in [0.25, 0.3) is 0 Å². The number of likely N-dealkylation sites (tertiary alicyclic amines) is 1. The van der Waals surface area contributed by atoms with E-state index in [-0.39, 0.29) is 23.6 Å². The standard InChI is InChI=1S/C14H19ClF2N2O.ClH/c1-14(8-18)4-5-19(9-14)7-10-6-11(15)2-3-12(10)20-13(16)17;/h2-3,6,13H,4-5,7-9,18H2,1H3;1H. The number of nitrogens with two attached hydrogens (primary N) is 1. The van der Waals surface area contributed by atoms with Gasteiger partial charge in [0.15, 0.2) is 0 Å². The lowest BCUT2D eigenvalue weighted by Gasteiger charge is -2.23. The normalized spacial score (nSPS) is 22.4. The minimum atomic E-state index is -2.83. The molecule has 3 nitrogen and oxygen atoms in total. The van der Waals surface area contributed by atoms with Gasteiger partial charge in [-0.25, -0.2) is 0 Å². The number of hydrogen-bond donors (Lipinski definition) is 1. The summed E-state index contributed by atoms with van der Waals surface area (Å²) in [6.07, 6.45) is 1.01. The zero-order chi connectivity index (χ0) is 14.8. The molecule has 1 unspecified atom stereocenters. The molecular weight excluding hydrogens is 321 g/mol. The molecule has 1 atom stereocenters. The Morgan fingerprint density at radius 1 is 1.48 bits per heavy atom. The minimum Gasteiger partial charge on any atom is -0.434 e. The van der Waals surface area contributed by atoms with Crippen molar-refractivity contribution >= 4 is 24.0 Å². The van der Waals surface area contributed by atoms with Crippen LogP contribution < -0.4 is 10.5 Å². The van der Waals surface area contributed by atoms with Crippen molar-refractivity contribution in [2.45, 2.75) is 26.5 Å². The highest BCUT2D eigenvalue weighted by Crippen LogP contribution is 2.32. The maximum Gasteiger partial charge on any atom is 0.387 e. The van der Waals surface area contributed by atoms with Crippen molar-refractivity contribution in [3.63, 3.8) is 0 Å². The second-order valence-electron chi connectivity index (χ2n) is 5.61. The summed E-state index contributed by atoms with van der Waals surface area (Å²) in [5, 5.41) is 0.516. The molecule has 21 heavy (non-hydrogen) atoms. The van der Waals surface area contributed by atoms with E-state index < -0.39 is 6.61 Å². The first kappa shape index (κ1) is 18.4. The second-order valence-corrected chi connectivity index (χ2v) is 6.04. The van der Waals surface area contributed by atoms with Gasteiger partial charge in [0.25, 0.3) is 0 Å². The third-order valence-corrected chi connectivity index (χ3v) is 4.00. The Morgan fingerprint density at radius 3 is 2.76 bits per heavy atom. The first-order valence-corrected chi connectivity index (χ1v) is 6.95. The molecule has 1 fully saturated rings. The number of nitrogens with zero attached hydrogens (tertiary/aromatic N) is 1. The van der Waals surface area contributed by atoms with Crippen LogP contribution in [0.5, 0.6) is 5.75 Å². The SMILES string of the molecule is CC1(CN)CCN(Cc2cc(Cl)ccc2OC(F)F)C1.Cl. The van der Waals surface area contributed by atoms with Gasteiger partial charge in [0.2, 0.25) is 0 Å². The number of hydrogen-bond acceptors (Lipinski definition) is 3. The average molecular weight is 341 g/mol. The molecule has 1 saturated heterocycles. The third-order valence-electron chi connectivity index (χ3n) is 3.76. The maximum atomic E-state index is 12.4. The smallest absolute Gasteiger partial charge is 0.387 e. The molecule has 120 valence electrons. The van der Waals surface area contributed by atoms with E-state index in [1.807, 2.05) is 0 Å². The lowest BCUT2D eigenvalue weighted by molar-refractivity contribution is -0.0507. The van der Waals surface area contributed by atoms with Gasteiger partial charge in [-0.05, 0) is 43.1 Å². The van der Waals surface area contributed by atoms with Crippen molar-refractivity contribution in [1.29, 1.82) is 0 Å². The molecule has 0 aliphatic carbocycles. The van der Waals surface area contributed by atoms with Gasteiger partial charge in [-0.15, -0.1) is 12.4 Å². The first-order chi connectivity index (χ1) is 9.42. The van der Waals surface area contributed by atoms with E-state index in [2.05, 4.69) is 16.6 Å². The minimum absolute atomic E-state index is 0. The van der Waals surface area contributed by atoms with Crippen LogP contribution in [0, 0.1) is 5.41 Å². The molecule has 0 saturated carbocycles. The molecular formula is C14H20Cl2F2N2O. The van der Waals surface area contributed by atoms with Crippen molar-refractivity contribution in [2.24, 2.45) is 11.1 Å². The van der Waals surface area contributed by atoms with Crippen LogP contribution in [0.2, 0.25) is 5.02 Å². The van der Waals surface area contributed by atoms with E-state index >= 15 is 0 Å². The summed E-state index contributed by atoms with van der Waals surface area (Å²) in [5.41, 5.74) is 6.55. The molecule has 1 heterocycles. The molecule has 0 spiro atoms. The van der Waals surface area contributed by atoms with Crippen molar-refractivity contribution < 1.29 is 13.5 Å². The van der Waals surface area contributed by atoms with Gasteiger partial charge >= 0.3 is 6.61 Å². The summed E-state index contributed by atoms with van der Waals surface area (Å²) >= 11 is 5.94. The predicted octanol–water partition coefficient (Wildman–Crippen LogP) is 3.53.